The van der Waals surface area contributed by atoms with E-state index >= 15 is 0 Å². The van der Waals surface area contributed by atoms with Gasteiger partial charge in [0.25, 0.3) is 0 Å². The number of nitrogens with two attached hydrogens (primary N) is 1. The Morgan fingerprint density at radius 3 is 3.00 bits per heavy atom. The number of amides is 1. The van der Waals surface area contributed by atoms with Gasteiger partial charge in [0.2, 0.25) is 5.91 Å². The normalized spacial score (nSPS) is 17.1. The first kappa shape index (κ1) is 11.2. The van der Waals surface area contributed by atoms with Crippen LogP contribution < -0.4 is 5.73 Å². The second-order valence-corrected chi connectivity index (χ2v) is 4.53. The fourth-order valence-corrected chi connectivity index (χ4v) is 1.77. The van der Waals surface area contributed by atoms with E-state index < -0.39 is 0 Å². The van der Waals surface area contributed by atoms with Gasteiger partial charge in [-0.1, -0.05) is 0 Å². The van der Waals surface area contributed by atoms with Gasteiger partial charge in [-0.3, -0.25) is 4.79 Å². The molecule has 1 unspecified atom stereocenters. The predicted octanol–water partition coefficient (Wildman–Crippen LogP) is 1.37. The van der Waals surface area contributed by atoms with Crippen LogP contribution in [-0.4, -0.2) is 23.9 Å². The van der Waals surface area contributed by atoms with Crippen molar-refractivity contribution in [1.29, 1.82) is 0 Å². The Balaban J connectivity index is 1.79. The molecule has 1 aliphatic carbocycles. The highest BCUT2D eigenvalue weighted by Gasteiger charge is 2.30. The van der Waals surface area contributed by atoms with Gasteiger partial charge in [0, 0.05) is 19.5 Å². The number of carbonyl (C=O) groups excluding carboxylic acids is 1. The predicted molar refractivity (Wildman–Crippen MR) is 60.5 cm³/mol. The molecule has 4 nitrogen and oxygen atoms in total. The Morgan fingerprint density at radius 1 is 1.69 bits per heavy atom. The molecule has 16 heavy (non-hydrogen) atoms. The highest BCUT2D eigenvalue weighted by molar-refractivity contribution is 5.76. The van der Waals surface area contributed by atoms with Gasteiger partial charge in [-0.15, -0.1) is 0 Å². The number of hydrogen-bond donors (Lipinski definition) is 1. The lowest BCUT2D eigenvalue weighted by molar-refractivity contribution is -0.131. The molecular formula is C12H18N2O2. The van der Waals surface area contributed by atoms with E-state index in [9.17, 15) is 4.79 Å². The minimum Gasteiger partial charge on any atom is -0.467 e. The summed E-state index contributed by atoms with van der Waals surface area (Å²) in [7, 11) is 1.78. The molecule has 0 spiro atoms. The van der Waals surface area contributed by atoms with Gasteiger partial charge in [0.1, 0.15) is 5.76 Å². The van der Waals surface area contributed by atoms with Crippen LogP contribution in [-0.2, 0) is 11.3 Å². The van der Waals surface area contributed by atoms with Crippen molar-refractivity contribution in [2.24, 2.45) is 11.7 Å². The fraction of sp³-hybridized carbons (Fsp3) is 0.583. The monoisotopic (exact) mass is 222 g/mol. The number of nitrogens with zero attached hydrogens (tertiary/aromatic N) is 1. The molecule has 1 amide bonds. The zero-order valence-electron chi connectivity index (χ0n) is 9.56. The molecule has 88 valence electrons. The average molecular weight is 222 g/mol. The van der Waals surface area contributed by atoms with E-state index in [1.807, 2.05) is 12.1 Å². The van der Waals surface area contributed by atoms with E-state index in [1.54, 1.807) is 18.2 Å². The van der Waals surface area contributed by atoms with Gasteiger partial charge in [-0.05, 0) is 30.9 Å². The Kier molecular flexibility index (Phi) is 3.29. The van der Waals surface area contributed by atoms with Crippen molar-refractivity contribution in [3.63, 3.8) is 0 Å². The molecule has 1 fully saturated rings. The van der Waals surface area contributed by atoms with Crippen molar-refractivity contribution in [2.75, 3.05) is 7.05 Å². The highest BCUT2D eigenvalue weighted by atomic mass is 16.3. The van der Waals surface area contributed by atoms with E-state index in [4.69, 9.17) is 10.2 Å². The lowest BCUT2D eigenvalue weighted by atomic mass is 10.1. The first-order valence-electron chi connectivity index (χ1n) is 5.68. The molecule has 1 heterocycles. The van der Waals surface area contributed by atoms with Crippen LogP contribution in [0.5, 0.6) is 0 Å². The van der Waals surface area contributed by atoms with Gasteiger partial charge in [-0.25, -0.2) is 0 Å². The molecule has 4 heteroatoms. The van der Waals surface area contributed by atoms with E-state index in [0.29, 0.717) is 18.9 Å². The average Bonchev–Trinajstić information content (AvgIpc) is 2.98. The Hall–Kier alpha value is -1.29. The Morgan fingerprint density at radius 2 is 2.44 bits per heavy atom. The van der Waals surface area contributed by atoms with Gasteiger partial charge >= 0.3 is 0 Å². The molecule has 0 radical (unpaired) electrons. The van der Waals surface area contributed by atoms with Crippen LogP contribution in [0, 0.1) is 5.92 Å². The molecule has 1 aliphatic rings. The lowest BCUT2D eigenvalue weighted by Crippen LogP contribution is -2.34. The van der Waals surface area contributed by atoms with Crippen LogP contribution in [0.2, 0.25) is 0 Å². The van der Waals surface area contributed by atoms with Crippen molar-refractivity contribution in [2.45, 2.75) is 31.8 Å². The van der Waals surface area contributed by atoms with E-state index in [-0.39, 0.29) is 11.9 Å². The summed E-state index contributed by atoms with van der Waals surface area (Å²) < 4.78 is 5.19. The first-order chi connectivity index (χ1) is 7.66. The zero-order valence-corrected chi connectivity index (χ0v) is 9.56. The second kappa shape index (κ2) is 4.70. The molecule has 1 aromatic rings. The lowest BCUT2D eigenvalue weighted by Gasteiger charge is -2.18. The molecule has 0 saturated heterocycles. The van der Waals surface area contributed by atoms with Crippen molar-refractivity contribution >= 4 is 5.91 Å². The molecule has 0 aromatic carbocycles. The Bertz CT molecular complexity index is 344. The van der Waals surface area contributed by atoms with Gasteiger partial charge in [0.05, 0.1) is 12.8 Å². The van der Waals surface area contributed by atoms with Gasteiger partial charge in [0.15, 0.2) is 0 Å². The SMILES string of the molecule is CN(Cc1ccco1)C(=O)CC(N)C1CC1. The molecule has 1 aromatic heterocycles. The molecule has 2 N–H and O–H groups in total. The van der Waals surface area contributed by atoms with Crippen LogP contribution in [0.3, 0.4) is 0 Å². The summed E-state index contributed by atoms with van der Waals surface area (Å²) in [4.78, 5) is 13.5. The van der Waals surface area contributed by atoms with Crippen molar-refractivity contribution in [3.8, 4) is 0 Å². The topological polar surface area (TPSA) is 59.5 Å². The highest BCUT2D eigenvalue weighted by Crippen LogP contribution is 2.32. The molecule has 0 aliphatic heterocycles. The fourth-order valence-electron chi connectivity index (χ4n) is 1.77. The summed E-state index contributed by atoms with van der Waals surface area (Å²) in [5, 5.41) is 0. The smallest absolute Gasteiger partial charge is 0.224 e. The van der Waals surface area contributed by atoms with E-state index in [0.717, 1.165) is 5.76 Å². The molecular weight excluding hydrogens is 204 g/mol. The minimum absolute atomic E-state index is 0.0338. The Labute approximate surface area is 95.4 Å². The third kappa shape index (κ3) is 2.85. The van der Waals surface area contributed by atoms with Crippen molar-refractivity contribution in [3.05, 3.63) is 24.2 Å². The van der Waals surface area contributed by atoms with Crippen LogP contribution in [0.25, 0.3) is 0 Å². The summed E-state index contributed by atoms with van der Waals surface area (Å²) in [6, 6.07) is 3.72. The minimum atomic E-state index is 0.0338. The summed E-state index contributed by atoms with van der Waals surface area (Å²) in [5.41, 5.74) is 5.92. The largest absolute Gasteiger partial charge is 0.467 e. The van der Waals surface area contributed by atoms with Crippen molar-refractivity contribution < 1.29 is 9.21 Å². The zero-order chi connectivity index (χ0) is 11.5. The molecule has 1 saturated carbocycles. The van der Waals surface area contributed by atoms with E-state index in [1.165, 1.54) is 12.8 Å². The number of rotatable bonds is 5. The molecule has 0 bridgehead atoms. The van der Waals surface area contributed by atoms with Crippen LogP contribution >= 0.6 is 0 Å². The standard InChI is InChI=1S/C12H18N2O2/c1-14(8-10-3-2-6-16-10)12(15)7-11(13)9-4-5-9/h2-3,6,9,11H,4-5,7-8,13H2,1H3. The maximum absolute atomic E-state index is 11.8. The summed E-state index contributed by atoms with van der Waals surface area (Å²) >= 11 is 0. The first-order valence-corrected chi connectivity index (χ1v) is 5.68. The quantitative estimate of drug-likeness (QED) is 0.818. The summed E-state index contributed by atoms with van der Waals surface area (Å²) in [6.07, 6.45) is 4.41. The maximum Gasteiger partial charge on any atom is 0.224 e. The van der Waals surface area contributed by atoms with Gasteiger partial charge in [-0.2, -0.15) is 0 Å². The number of furan rings is 1. The molecule has 1 atom stereocenters. The van der Waals surface area contributed by atoms with Gasteiger partial charge < -0.3 is 15.1 Å². The second-order valence-electron chi connectivity index (χ2n) is 4.53. The van der Waals surface area contributed by atoms with Crippen LogP contribution in [0.4, 0.5) is 0 Å². The van der Waals surface area contributed by atoms with Crippen LogP contribution in [0.1, 0.15) is 25.0 Å². The third-order valence-electron chi connectivity index (χ3n) is 3.04. The number of carbonyl (C=O) groups is 1. The third-order valence-corrected chi connectivity index (χ3v) is 3.04. The number of hydrogen-bond acceptors (Lipinski definition) is 3. The van der Waals surface area contributed by atoms with Crippen molar-refractivity contribution in [1.82, 2.24) is 4.90 Å². The summed E-state index contributed by atoms with van der Waals surface area (Å²) in [6.45, 7) is 0.517. The molecule has 2 rings (SSSR count). The summed E-state index contributed by atoms with van der Waals surface area (Å²) in [5.74, 6) is 1.47. The maximum atomic E-state index is 11.8. The van der Waals surface area contributed by atoms with E-state index in [2.05, 4.69) is 0 Å². The van der Waals surface area contributed by atoms with Crippen LogP contribution in [0.15, 0.2) is 22.8 Å².